The lowest BCUT2D eigenvalue weighted by molar-refractivity contribution is -0.115. The average Bonchev–Trinajstić information content (AvgIpc) is 3.08. The van der Waals surface area contributed by atoms with Gasteiger partial charge in [-0.05, 0) is 19.1 Å². The summed E-state index contributed by atoms with van der Waals surface area (Å²) in [5.41, 5.74) is 1.41. The van der Waals surface area contributed by atoms with Crippen LogP contribution in [0.1, 0.15) is 6.92 Å². The molecule has 1 atom stereocenters. The number of carbonyl (C=O) groups excluding carboxylic acids is 1. The van der Waals surface area contributed by atoms with E-state index in [4.69, 9.17) is 23.2 Å². The monoisotopic (exact) mass is 392 g/mol. The smallest absolute Gasteiger partial charge is 0.237 e. The van der Waals surface area contributed by atoms with Gasteiger partial charge in [-0.15, -0.1) is 5.10 Å². The van der Waals surface area contributed by atoms with Crippen molar-refractivity contribution in [2.75, 3.05) is 5.32 Å². The van der Waals surface area contributed by atoms with Crippen LogP contribution in [0.5, 0.6) is 0 Å². The third-order valence-electron chi connectivity index (χ3n) is 3.37. The van der Waals surface area contributed by atoms with Gasteiger partial charge in [0.05, 0.1) is 21.0 Å². The van der Waals surface area contributed by atoms with E-state index in [-0.39, 0.29) is 5.91 Å². The van der Waals surface area contributed by atoms with Gasteiger partial charge in [-0.25, -0.2) is 4.98 Å². The Hall–Kier alpha value is -2.02. The van der Waals surface area contributed by atoms with E-state index in [9.17, 15) is 4.79 Å². The number of amides is 1. The normalized spacial score (nSPS) is 12.0. The second kappa shape index (κ2) is 7.91. The minimum Gasteiger partial charge on any atom is -0.324 e. The number of carbonyl (C=O) groups is 1. The van der Waals surface area contributed by atoms with Gasteiger partial charge in [0.25, 0.3) is 0 Å². The minimum atomic E-state index is -0.408. The van der Waals surface area contributed by atoms with E-state index < -0.39 is 5.25 Å². The Bertz CT molecular complexity index is 885. The van der Waals surface area contributed by atoms with Gasteiger partial charge in [-0.3, -0.25) is 9.89 Å². The highest BCUT2D eigenvalue weighted by molar-refractivity contribution is 8.00. The first kappa shape index (κ1) is 17.8. The molecule has 1 amide bonds. The molecule has 128 valence electrons. The molecule has 5 nitrogen and oxygen atoms in total. The first-order valence-electron chi connectivity index (χ1n) is 7.44. The molecule has 0 saturated heterocycles. The standard InChI is InChI=1S/C17H14Cl2N4OS/c1-10(16(24)20-13-9-5-8-12(18)14(13)19)25-17-21-15(22-23-17)11-6-3-2-4-7-11/h2-10H,1H3,(H,20,24)(H,21,22,23)/t10-/m1/s1. The Labute approximate surface area is 159 Å². The molecule has 0 saturated carbocycles. The number of hydrogen-bond donors (Lipinski definition) is 2. The quantitative estimate of drug-likeness (QED) is 0.605. The number of aromatic amines is 1. The number of anilines is 1. The summed E-state index contributed by atoms with van der Waals surface area (Å²) in [4.78, 5) is 16.8. The number of rotatable bonds is 5. The van der Waals surface area contributed by atoms with Crippen LogP contribution in [0.25, 0.3) is 11.4 Å². The van der Waals surface area contributed by atoms with Crippen LogP contribution in [0.3, 0.4) is 0 Å². The Morgan fingerprint density at radius 2 is 1.92 bits per heavy atom. The highest BCUT2D eigenvalue weighted by atomic mass is 35.5. The predicted molar refractivity (Wildman–Crippen MR) is 102 cm³/mol. The molecule has 3 rings (SSSR count). The molecular weight excluding hydrogens is 379 g/mol. The van der Waals surface area contributed by atoms with Crippen LogP contribution in [0.15, 0.2) is 53.7 Å². The molecule has 0 aliphatic carbocycles. The van der Waals surface area contributed by atoms with Gasteiger partial charge in [0, 0.05) is 5.56 Å². The zero-order valence-electron chi connectivity index (χ0n) is 13.2. The Balaban J connectivity index is 1.66. The fraction of sp³-hybridized carbons (Fsp3) is 0.118. The summed E-state index contributed by atoms with van der Waals surface area (Å²) < 4.78 is 0. The van der Waals surface area contributed by atoms with E-state index in [1.807, 2.05) is 30.3 Å². The highest BCUT2D eigenvalue weighted by Crippen LogP contribution is 2.30. The van der Waals surface area contributed by atoms with Crippen molar-refractivity contribution in [3.8, 4) is 11.4 Å². The van der Waals surface area contributed by atoms with Crippen LogP contribution >= 0.6 is 35.0 Å². The Morgan fingerprint density at radius 3 is 2.68 bits per heavy atom. The van der Waals surface area contributed by atoms with Gasteiger partial charge in [-0.1, -0.05) is 71.4 Å². The summed E-state index contributed by atoms with van der Waals surface area (Å²) in [6.07, 6.45) is 0. The first-order valence-corrected chi connectivity index (χ1v) is 9.07. The van der Waals surface area contributed by atoms with Crippen molar-refractivity contribution in [2.45, 2.75) is 17.3 Å². The number of nitrogens with zero attached hydrogens (tertiary/aromatic N) is 2. The lowest BCUT2D eigenvalue weighted by Gasteiger charge is -2.11. The maximum atomic E-state index is 12.4. The van der Waals surface area contributed by atoms with Crippen LogP contribution in [0, 0.1) is 0 Å². The van der Waals surface area contributed by atoms with Gasteiger partial charge in [0.2, 0.25) is 11.1 Å². The first-order chi connectivity index (χ1) is 12.0. The molecule has 0 fully saturated rings. The SMILES string of the molecule is C[C@@H](Sc1n[nH]c(-c2ccccc2)n1)C(=O)Nc1cccc(Cl)c1Cl. The predicted octanol–water partition coefficient (Wildman–Crippen LogP) is 4.90. The fourth-order valence-electron chi connectivity index (χ4n) is 2.07. The second-order valence-corrected chi connectivity index (χ2v) is 7.28. The molecular formula is C17H14Cl2N4OS. The Kier molecular flexibility index (Phi) is 5.63. The maximum absolute atomic E-state index is 12.4. The lowest BCUT2D eigenvalue weighted by Crippen LogP contribution is -2.22. The molecule has 0 aliphatic rings. The molecule has 0 radical (unpaired) electrons. The van der Waals surface area contributed by atoms with Gasteiger partial charge in [0.15, 0.2) is 5.82 Å². The van der Waals surface area contributed by atoms with E-state index in [1.165, 1.54) is 11.8 Å². The van der Waals surface area contributed by atoms with Gasteiger partial charge >= 0.3 is 0 Å². The van der Waals surface area contributed by atoms with E-state index in [0.717, 1.165) is 5.56 Å². The van der Waals surface area contributed by atoms with Crippen molar-refractivity contribution in [1.29, 1.82) is 0 Å². The molecule has 0 bridgehead atoms. The summed E-state index contributed by atoms with van der Waals surface area (Å²) in [5.74, 6) is 0.453. The second-order valence-electron chi connectivity index (χ2n) is 5.18. The number of halogens is 2. The molecule has 0 spiro atoms. The molecule has 8 heteroatoms. The number of nitrogens with one attached hydrogen (secondary N) is 2. The molecule has 0 aliphatic heterocycles. The number of thioether (sulfide) groups is 1. The van der Waals surface area contributed by atoms with Crippen molar-refractivity contribution >= 4 is 46.6 Å². The molecule has 3 aromatic rings. The Morgan fingerprint density at radius 1 is 1.16 bits per heavy atom. The van der Waals surface area contributed by atoms with Crippen LogP contribution in [-0.2, 0) is 4.79 Å². The van der Waals surface area contributed by atoms with Crippen molar-refractivity contribution in [1.82, 2.24) is 15.2 Å². The molecule has 25 heavy (non-hydrogen) atoms. The molecule has 2 aromatic carbocycles. The minimum absolute atomic E-state index is 0.208. The topological polar surface area (TPSA) is 70.7 Å². The molecule has 1 aromatic heterocycles. The molecule has 0 unspecified atom stereocenters. The highest BCUT2D eigenvalue weighted by Gasteiger charge is 2.19. The lowest BCUT2D eigenvalue weighted by atomic mass is 10.2. The van der Waals surface area contributed by atoms with Crippen molar-refractivity contribution < 1.29 is 4.79 Å². The molecule has 1 heterocycles. The summed E-state index contributed by atoms with van der Waals surface area (Å²) in [5, 5.41) is 10.6. The van der Waals surface area contributed by atoms with Gasteiger partial charge in [-0.2, -0.15) is 0 Å². The van der Waals surface area contributed by atoms with Crippen LogP contribution < -0.4 is 5.32 Å². The van der Waals surface area contributed by atoms with Crippen LogP contribution in [0.4, 0.5) is 5.69 Å². The third-order valence-corrected chi connectivity index (χ3v) is 5.15. The van der Waals surface area contributed by atoms with Crippen molar-refractivity contribution in [2.24, 2.45) is 0 Å². The third kappa shape index (κ3) is 4.34. The number of H-pyrrole nitrogens is 1. The summed E-state index contributed by atoms with van der Waals surface area (Å²) >= 11 is 13.3. The largest absolute Gasteiger partial charge is 0.324 e. The van der Waals surface area contributed by atoms with Gasteiger partial charge in [0.1, 0.15) is 0 Å². The maximum Gasteiger partial charge on any atom is 0.237 e. The van der Waals surface area contributed by atoms with Crippen molar-refractivity contribution in [3.05, 3.63) is 58.6 Å². The summed E-state index contributed by atoms with van der Waals surface area (Å²) in [6.45, 7) is 1.77. The van der Waals surface area contributed by atoms with E-state index >= 15 is 0 Å². The fourth-order valence-corrected chi connectivity index (χ4v) is 3.14. The number of benzene rings is 2. The summed E-state index contributed by atoms with van der Waals surface area (Å²) in [7, 11) is 0. The van der Waals surface area contributed by atoms with Crippen LogP contribution in [-0.4, -0.2) is 26.3 Å². The van der Waals surface area contributed by atoms with Crippen LogP contribution in [0.2, 0.25) is 10.0 Å². The van der Waals surface area contributed by atoms with Crippen molar-refractivity contribution in [3.63, 3.8) is 0 Å². The average molecular weight is 393 g/mol. The zero-order valence-corrected chi connectivity index (χ0v) is 15.5. The van der Waals surface area contributed by atoms with E-state index in [1.54, 1.807) is 25.1 Å². The van der Waals surface area contributed by atoms with E-state index in [2.05, 4.69) is 20.5 Å². The number of hydrogen-bond acceptors (Lipinski definition) is 4. The summed E-state index contributed by atoms with van der Waals surface area (Å²) in [6, 6.07) is 14.7. The molecule has 2 N–H and O–H groups in total. The zero-order chi connectivity index (χ0) is 17.8. The number of aromatic nitrogens is 3. The van der Waals surface area contributed by atoms with E-state index in [0.29, 0.717) is 26.7 Å². The van der Waals surface area contributed by atoms with Gasteiger partial charge < -0.3 is 5.32 Å².